The minimum Gasteiger partial charge on any atom is -0.286 e. The molecule has 0 aromatic carbocycles. The Morgan fingerprint density at radius 3 is 2.36 bits per heavy atom. The minimum atomic E-state index is -4.00. The lowest BCUT2D eigenvalue weighted by molar-refractivity contribution is 0.416. The molecule has 0 radical (unpaired) electrons. The van der Waals surface area contributed by atoms with Crippen LogP contribution in [0.5, 0.6) is 0 Å². The summed E-state index contributed by atoms with van der Waals surface area (Å²) in [7, 11) is -4.00. The molecule has 0 aliphatic carbocycles. The van der Waals surface area contributed by atoms with Crippen LogP contribution in [0.15, 0.2) is 12.2 Å². The van der Waals surface area contributed by atoms with E-state index < -0.39 is 22.0 Å². The first-order chi connectivity index (χ1) is 4.92. The lowest BCUT2D eigenvalue weighted by atomic mass is 10.3. The summed E-state index contributed by atoms with van der Waals surface area (Å²) in [6, 6.07) is 0. The van der Waals surface area contributed by atoms with Gasteiger partial charge in [-0.15, -0.1) is 0 Å². The third kappa shape index (κ3) is 9.51. The first-order valence-corrected chi connectivity index (χ1v) is 4.49. The van der Waals surface area contributed by atoms with Gasteiger partial charge in [-0.1, -0.05) is 0 Å². The van der Waals surface area contributed by atoms with Gasteiger partial charge in [-0.05, 0) is 18.9 Å². The van der Waals surface area contributed by atoms with Crippen molar-refractivity contribution < 1.29 is 21.8 Å². The van der Waals surface area contributed by atoms with Crippen LogP contribution in [0.25, 0.3) is 0 Å². The van der Waals surface area contributed by atoms with Crippen molar-refractivity contribution in [3.05, 3.63) is 12.2 Å². The molecular formula is C5H8F2O3S. The summed E-state index contributed by atoms with van der Waals surface area (Å²) in [5, 5.41) is 0. The largest absolute Gasteiger partial charge is 0.286 e. The van der Waals surface area contributed by atoms with Crippen LogP contribution in [-0.2, 0) is 10.1 Å². The Hall–Kier alpha value is -0.490. The lowest BCUT2D eigenvalue weighted by Crippen LogP contribution is -2.02. The summed E-state index contributed by atoms with van der Waals surface area (Å²) >= 11 is 0. The molecule has 0 bridgehead atoms. The summed E-state index contributed by atoms with van der Waals surface area (Å²) in [6.07, 6.45) is -1.25. The van der Waals surface area contributed by atoms with E-state index in [0.29, 0.717) is 6.08 Å². The number of unbranched alkanes of at least 4 members (excludes halogenated alkanes) is 1. The van der Waals surface area contributed by atoms with Crippen molar-refractivity contribution in [3.8, 4) is 0 Å². The van der Waals surface area contributed by atoms with E-state index in [1.807, 2.05) is 0 Å². The van der Waals surface area contributed by atoms with Crippen LogP contribution in [0.2, 0.25) is 0 Å². The van der Waals surface area contributed by atoms with Crippen LogP contribution in [0.4, 0.5) is 8.78 Å². The highest BCUT2D eigenvalue weighted by molar-refractivity contribution is 7.85. The van der Waals surface area contributed by atoms with Gasteiger partial charge in [-0.2, -0.15) is 17.2 Å². The van der Waals surface area contributed by atoms with E-state index in [-0.39, 0.29) is 12.8 Å². The molecule has 6 heteroatoms. The molecule has 0 heterocycles. The van der Waals surface area contributed by atoms with E-state index in [1.165, 1.54) is 0 Å². The van der Waals surface area contributed by atoms with Crippen molar-refractivity contribution in [3.63, 3.8) is 0 Å². The fraction of sp³-hybridized carbons (Fsp3) is 0.600. The van der Waals surface area contributed by atoms with Gasteiger partial charge in [0.2, 0.25) is 0 Å². The predicted octanol–water partition coefficient (Wildman–Crippen LogP) is 1.43. The molecule has 0 rings (SSSR count). The molecule has 0 aliphatic heterocycles. The molecule has 3 nitrogen and oxygen atoms in total. The van der Waals surface area contributed by atoms with Gasteiger partial charge in [0.1, 0.15) is 0 Å². The maximum Gasteiger partial charge on any atom is 0.266 e. The van der Waals surface area contributed by atoms with Crippen molar-refractivity contribution in [2.45, 2.75) is 12.8 Å². The molecule has 0 saturated heterocycles. The van der Waals surface area contributed by atoms with Crippen LogP contribution >= 0.6 is 0 Å². The van der Waals surface area contributed by atoms with E-state index in [1.54, 1.807) is 0 Å². The second-order valence-corrected chi connectivity index (χ2v) is 3.49. The highest BCUT2D eigenvalue weighted by atomic mass is 32.2. The highest BCUT2D eigenvalue weighted by Crippen LogP contribution is 2.02. The molecule has 1 N–H and O–H groups in total. The van der Waals surface area contributed by atoms with E-state index in [0.717, 1.165) is 0 Å². The Morgan fingerprint density at radius 2 is 2.00 bits per heavy atom. The number of hydrogen-bond donors (Lipinski definition) is 1. The topological polar surface area (TPSA) is 54.4 Å². The maximum atomic E-state index is 11.3. The maximum absolute atomic E-state index is 11.3. The molecule has 0 aromatic rings. The first kappa shape index (κ1) is 10.5. The molecular weight excluding hydrogens is 178 g/mol. The molecule has 0 unspecified atom stereocenters. The summed E-state index contributed by atoms with van der Waals surface area (Å²) in [6.45, 7) is 0. The Labute approximate surface area is 63.5 Å². The lowest BCUT2D eigenvalue weighted by Gasteiger charge is -1.91. The predicted molar refractivity (Wildman–Crippen MR) is 35.9 cm³/mol. The summed E-state index contributed by atoms with van der Waals surface area (Å²) in [5.41, 5.74) is 0. The average Bonchev–Trinajstić information content (AvgIpc) is 1.78. The number of allylic oxidation sites excluding steroid dienone is 1. The van der Waals surface area contributed by atoms with Crippen LogP contribution in [0.1, 0.15) is 12.8 Å². The zero-order valence-electron chi connectivity index (χ0n) is 5.63. The first-order valence-electron chi connectivity index (χ1n) is 2.88. The number of rotatable bonds is 4. The zero-order valence-corrected chi connectivity index (χ0v) is 6.44. The van der Waals surface area contributed by atoms with Gasteiger partial charge in [0.15, 0.2) is 0 Å². The fourth-order valence-corrected chi connectivity index (χ4v) is 1.01. The van der Waals surface area contributed by atoms with Crippen molar-refractivity contribution >= 4 is 10.1 Å². The van der Waals surface area contributed by atoms with Gasteiger partial charge in [0, 0.05) is 0 Å². The molecule has 0 atom stereocenters. The van der Waals surface area contributed by atoms with Gasteiger partial charge in [0.25, 0.3) is 16.2 Å². The molecule has 0 aromatic heterocycles. The smallest absolute Gasteiger partial charge is 0.266 e. The van der Waals surface area contributed by atoms with E-state index in [4.69, 9.17) is 4.55 Å². The van der Waals surface area contributed by atoms with Crippen molar-refractivity contribution in [1.29, 1.82) is 0 Å². The van der Waals surface area contributed by atoms with Crippen LogP contribution in [0.3, 0.4) is 0 Å². The van der Waals surface area contributed by atoms with E-state index in [2.05, 4.69) is 0 Å². The van der Waals surface area contributed by atoms with E-state index in [9.17, 15) is 17.2 Å². The SMILES string of the molecule is O=S(=O)(O)CCCC=C(F)F. The fourth-order valence-electron chi connectivity index (χ4n) is 0.477. The number of hydrogen-bond acceptors (Lipinski definition) is 2. The molecule has 0 aliphatic rings. The molecule has 0 amide bonds. The molecule has 0 spiro atoms. The second kappa shape index (κ2) is 4.40. The third-order valence-corrected chi connectivity index (χ3v) is 1.71. The van der Waals surface area contributed by atoms with Crippen molar-refractivity contribution in [1.82, 2.24) is 0 Å². The Morgan fingerprint density at radius 1 is 1.45 bits per heavy atom. The summed E-state index contributed by atoms with van der Waals surface area (Å²) in [4.78, 5) is 0. The minimum absolute atomic E-state index is 0.0101. The molecule has 0 saturated carbocycles. The van der Waals surface area contributed by atoms with Crippen LogP contribution in [0, 0.1) is 0 Å². The van der Waals surface area contributed by atoms with Crippen LogP contribution in [-0.4, -0.2) is 18.7 Å². The second-order valence-electron chi connectivity index (χ2n) is 1.92. The monoisotopic (exact) mass is 186 g/mol. The summed E-state index contributed by atoms with van der Waals surface area (Å²) in [5.74, 6) is -0.475. The van der Waals surface area contributed by atoms with Gasteiger partial charge in [0.05, 0.1) is 5.75 Å². The Kier molecular flexibility index (Phi) is 4.20. The van der Waals surface area contributed by atoms with Gasteiger partial charge in [-0.3, -0.25) is 4.55 Å². The quantitative estimate of drug-likeness (QED) is 0.533. The zero-order chi connectivity index (χ0) is 8.91. The number of halogens is 2. The van der Waals surface area contributed by atoms with Gasteiger partial charge >= 0.3 is 0 Å². The highest BCUT2D eigenvalue weighted by Gasteiger charge is 2.02. The molecule has 0 fully saturated rings. The van der Waals surface area contributed by atoms with Gasteiger partial charge < -0.3 is 0 Å². The van der Waals surface area contributed by atoms with Crippen molar-refractivity contribution in [2.75, 3.05) is 5.75 Å². The summed E-state index contributed by atoms with van der Waals surface area (Å²) < 4.78 is 50.8. The average molecular weight is 186 g/mol. The molecule has 11 heavy (non-hydrogen) atoms. The van der Waals surface area contributed by atoms with Crippen molar-refractivity contribution in [2.24, 2.45) is 0 Å². The van der Waals surface area contributed by atoms with E-state index >= 15 is 0 Å². The Bertz CT molecular complexity index is 228. The van der Waals surface area contributed by atoms with Crippen LogP contribution < -0.4 is 0 Å². The van der Waals surface area contributed by atoms with Gasteiger partial charge in [-0.25, -0.2) is 0 Å². The standard InChI is InChI=1S/C5H8F2O3S/c6-5(7)3-1-2-4-11(8,9)10/h3H,1-2,4H2,(H,8,9,10). The Balaban J connectivity index is 3.53. The molecule has 66 valence electrons. The third-order valence-electron chi connectivity index (χ3n) is 0.905. The normalized spacial score (nSPS) is 11.2.